The fourth-order valence-corrected chi connectivity index (χ4v) is 1.15. The largest absolute Gasteiger partial charge is 0.508 e. The van der Waals surface area contributed by atoms with Gasteiger partial charge in [-0.15, -0.1) is 0 Å². The molecule has 2 aromatic rings. The minimum absolute atomic E-state index is 0.242. The summed E-state index contributed by atoms with van der Waals surface area (Å²) in [6.45, 7) is 1.98. The third kappa shape index (κ3) is 0.871. The van der Waals surface area contributed by atoms with Crippen LogP contribution in [0.2, 0.25) is 0 Å². The molecule has 0 saturated carbocycles. The van der Waals surface area contributed by atoms with E-state index >= 15 is 0 Å². The van der Waals surface area contributed by atoms with Gasteiger partial charge >= 0.3 is 0 Å². The summed E-state index contributed by atoms with van der Waals surface area (Å²) in [5, 5.41) is 10.1. The molecule has 0 spiro atoms. The van der Waals surface area contributed by atoms with E-state index in [2.05, 4.69) is 0 Å². The fraction of sp³-hybridized carbons (Fsp3) is 0.111. The molecule has 1 heterocycles. The van der Waals surface area contributed by atoms with E-state index in [1.807, 2.05) is 13.0 Å². The molecule has 0 saturated heterocycles. The van der Waals surface area contributed by atoms with E-state index in [4.69, 9.17) is 9.52 Å². The number of hydrogen-bond donors (Lipinski definition) is 1. The lowest BCUT2D eigenvalue weighted by molar-refractivity contribution is 0.474. The van der Waals surface area contributed by atoms with Gasteiger partial charge < -0.3 is 9.52 Å². The molecule has 0 atom stereocenters. The van der Waals surface area contributed by atoms with Crippen LogP contribution < -0.4 is 0 Å². The Bertz CT molecular complexity index is 387. The summed E-state index contributed by atoms with van der Waals surface area (Å²) in [5.74, 6) is 0.242. The van der Waals surface area contributed by atoms with Gasteiger partial charge in [0, 0.05) is 11.5 Å². The van der Waals surface area contributed by atoms with Crippen molar-refractivity contribution < 1.29 is 9.52 Å². The van der Waals surface area contributed by atoms with E-state index in [1.165, 1.54) is 0 Å². The molecule has 0 bridgehead atoms. The zero-order chi connectivity index (χ0) is 7.84. The van der Waals surface area contributed by atoms with Crippen molar-refractivity contribution in [1.82, 2.24) is 0 Å². The van der Waals surface area contributed by atoms with Crippen LogP contribution in [0.1, 0.15) is 5.56 Å². The van der Waals surface area contributed by atoms with Gasteiger partial charge in [-0.3, -0.25) is 0 Å². The highest BCUT2D eigenvalue weighted by atomic mass is 16.3. The lowest BCUT2D eigenvalue weighted by Crippen LogP contribution is -1.66. The molecule has 0 fully saturated rings. The number of aryl methyl sites for hydroxylation is 1. The second-order valence-electron chi connectivity index (χ2n) is 2.60. The Morgan fingerprint density at radius 1 is 1.36 bits per heavy atom. The number of hydrogen-bond acceptors (Lipinski definition) is 2. The molecule has 56 valence electrons. The highest BCUT2D eigenvalue weighted by Crippen LogP contribution is 2.23. The summed E-state index contributed by atoms with van der Waals surface area (Å²) < 4.78 is 5.17. The molecule has 1 N–H and O–H groups in total. The topological polar surface area (TPSA) is 33.4 Å². The summed E-state index contributed by atoms with van der Waals surface area (Å²) in [6.07, 6.45) is 1.68. The van der Waals surface area contributed by atoms with Crippen LogP contribution in [0.5, 0.6) is 5.75 Å². The van der Waals surface area contributed by atoms with Gasteiger partial charge in [0.2, 0.25) is 0 Å². The second-order valence-corrected chi connectivity index (χ2v) is 2.60. The minimum atomic E-state index is 0.242. The first-order valence-electron chi connectivity index (χ1n) is 3.44. The Labute approximate surface area is 64.1 Å². The predicted molar refractivity (Wildman–Crippen MR) is 42.6 cm³/mol. The molecule has 0 aliphatic rings. The van der Waals surface area contributed by atoms with Gasteiger partial charge in [0.15, 0.2) is 0 Å². The zero-order valence-corrected chi connectivity index (χ0v) is 6.16. The van der Waals surface area contributed by atoms with E-state index in [9.17, 15) is 0 Å². The highest BCUT2D eigenvalue weighted by molar-refractivity contribution is 5.81. The fourth-order valence-electron chi connectivity index (χ4n) is 1.15. The Kier molecular flexibility index (Phi) is 1.15. The molecule has 0 aliphatic carbocycles. The average Bonchev–Trinajstić information content (AvgIpc) is 2.32. The Morgan fingerprint density at radius 3 is 3.00 bits per heavy atom. The van der Waals surface area contributed by atoms with Crippen LogP contribution in [0.25, 0.3) is 11.0 Å². The van der Waals surface area contributed by atoms with Crippen molar-refractivity contribution in [1.29, 1.82) is 0 Å². The standard InChI is InChI=1S/C9H8O2/c1-6-5-11-9-4-7(10)2-3-8(6)9/h2-5,10H,1H3. The van der Waals surface area contributed by atoms with Crippen LogP contribution in [-0.4, -0.2) is 5.11 Å². The maximum absolute atomic E-state index is 9.08. The summed E-state index contributed by atoms with van der Waals surface area (Å²) in [6, 6.07) is 5.12. The molecule has 0 unspecified atom stereocenters. The normalized spacial score (nSPS) is 10.6. The number of fused-ring (bicyclic) bond motifs is 1. The highest BCUT2D eigenvalue weighted by Gasteiger charge is 2.00. The molecule has 2 rings (SSSR count). The van der Waals surface area contributed by atoms with E-state index in [-0.39, 0.29) is 5.75 Å². The smallest absolute Gasteiger partial charge is 0.137 e. The lowest BCUT2D eigenvalue weighted by Gasteiger charge is -1.90. The molecule has 11 heavy (non-hydrogen) atoms. The molecule has 0 amide bonds. The van der Waals surface area contributed by atoms with Crippen molar-refractivity contribution >= 4 is 11.0 Å². The maximum Gasteiger partial charge on any atom is 0.137 e. The van der Waals surface area contributed by atoms with Crippen LogP contribution in [0, 0.1) is 6.92 Å². The van der Waals surface area contributed by atoms with Gasteiger partial charge in [0.25, 0.3) is 0 Å². The second kappa shape index (κ2) is 2.02. The van der Waals surface area contributed by atoms with Crippen LogP contribution in [-0.2, 0) is 0 Å². The molecule has 0 aliphatic heterocycles. The van der Waals surface area contributed by atoms with Crippen molar-refractivity contribution in [3.8, 4) is 5.75 Å². The summed E-state index contributed by atoms with van der Waals surface area (Å²) in [4.78, 5) is 0. The van der Waals surface area contributed by atoms with Crippen molar-refractivity contribution in [2.45, 2.75) is 6.92 Å². The number of rotatable bonds is 0. The van der Waals surface area contributed by atoms with E-state index in [0.29, 0.717) is 0 Å². The number of phenolic OH excluding ortho intramolecular Hbond substituents is 1. The molecule has 2 heteroatoms. The van der Waals surface area contributed by atoms with Gasteiger partial charge in [-0.05, 0) is 24.6 Å². The van der Waals surface area contributed by atoms with E-state index in [0.717, 1.165) is 16.5 Å². The summed E-state index contributed by atoms with van der Waals surface area (Å²) in [7, 11) is 0. The number of phenols is 1. The third-order valence-corrected chi connectivity index (χ3v) is 1.75. The van der Waals surface area contributed by atoms with Crippen LogP contribution in [0.3, 0.4) is 0 Å². The van der Waals surface area contributed by atoms with E-state index in [1.54, 1.807) is 18.4 Å². The van der Waals surface area contributed by atoms with Gasteiger partial charge in [-0.25, -0.2) is 0 Å². The first kappa shape index (κ1) is 6.28. The SMILES string of the molecule is Cc1coc2cc(O)ccc12. The van der Waals surface area contributed by atoms with Gasteiger partial charge in [-0.2, -0.15) is 0 Å². The molecule has 2 nitrogen and oxygen atoms in total. The molecule has 0 radical (unpaired) electrons. The molecular formula is C9H8O2. The number of benzene rings is 1. The summed E-state index contributed by atoms with van der Waals surface area (Å²) >= 11 is 0. The average molecular weight is 148 g/mol. The van der Waals surface area contributed by atoms with Crippen LogP contribution >= 0.6 is 0 Å². The summed E-state index contributed by atoms with van der Waals surface area (Å²) in [5.41, 5.74) is 1.84. The maximum atomic E-state index is 9.08. The predicted octanol–water partition coefficient (Wildman–Crippen LogP) is 2.45. The molecule has 1 aromatic heterocycles. The molecular weight excluding hydrogens is 140 g/mol. The Morgan fingerprint density at radius 2 is 2.18 bits per heavy atom. The van der Waals surface area contributed by atoms with Crippen LogP contribution in [0.4, 0.5) is 0 Å². The van der Waals surface area contributed by atoms with Gasteiger partial charge in [0.1, 0.15) is 11.3 Å². The Hall–Kier alpha value is -1.44. The van der Waals surface area contributed by atoms with Gasteiger partial charge in [-0.1, -0.05) is 0 Å². The molecule has 1 aromatic carbocycles. The van der Waals surface area contributed by atoms with Gasteiger partial charge in [0.05, 0.1) is 6.26 Å². The van der Waals surface area contributed by atoms with Crippen LogP contribution in [0.15, 0.2) is 28.9 Å². The zero-order valence-electron chi connectivity index (χ0n) is 6.16. The number of furan rings is 1. The first-order chi connectivity index (χ1) is 5.27. The van der Waals surface area contributed by atoms with Crippen molar-refractivity contribution in [2.75, 3.05) is 0 Å². The third-order valence-electron chi connectivity index (χ3n) is 1.75. The quantitative estimate of drug-likeness (QED) is 0.622. The van der Waals surface area contributed by atoms with Crippen molar-refractivity contribution in [2.24, 2.45) is 0 Å². The Balaban J connectivity index is 2.86. The van der Waals surface area contributed by atoms with E-state index < -0.39 is 0 Å². The minimum Gasteiger partial charge on any atom is -0.508 e. The lowest BCUT2D eigenvalue weighted by atomic mass is 10.2. The number of aromatic hydroxyl groups is 1. The van der Waals surface area contributed by atoms with Crippen molar-refractivity contribution in [3.63, 3.8) is 0 Å². The monoisotopic (exact) mass is 148 g/mol. The van der Waals surface area contributed by atoms with Crippen molar-refractivity contribution in [3.05, 3.63) is 30.0 Å². The first-order valence-corrected chi connectivity index (χ1v) is 3.44.